The van der Waals surface area contributed by atoms with Crippen LogP contribution < -0.4 is 0 Å². The van der Waals surface area contributed by atoms with Gasteiger partial charge in [0, 0.05) is 12.5 Å². The summed E-state index contributed by atoms with van der Waals surface area (Å²) in [6, 6.07) is 8.17. The molecule has 1 heterocycles. The van der Waals surface area contributed by atoms with Gasteiger partial charge in [0.1, 0.15) is 5.82 Å². The van der Waals surface area contributed by atoms with Gasteiger partial charge in [0.2, 0.25) is 0 Å². The van der Waals surface area contributed by atoms with Crippen LogP contribution in [0.5, 0.6) is 0 Å². The molecule has 0 aromatic heterocycles. The molecule has 3 atom stereocenters. The summed E-state index contributed by atoms with van der Waals surface area (Å²) < 4.78 is 24.2. The van der Waals surface area contributed by atoms with Gasteiger partial charge in [-0.2, -0.15) is 5.26 Å². The lowest BCUT2D eigenvalue weighted by molar-refractivity contribution is -0.148. The zero-order valence-corrected chi connectivity index (χ0v) is 14.4. The molecule has 5 heteroatoms. The second kappa shape index (κ2) is 7.76. The van der Waals surface area contributed by atoms with Crippen molar-refractivity contribution in [3.05, 3.63) is 35.6 Å². The van der Waals surface area contributed by atoms with Gasteiger partial charge in [-0.15, -0.1) is 0 Å². The fourth-order valence-electron chi connectivity index (χ4n) is 3.52. The molecule has 0 bridgehead atoms. The Bertz CT molecular complexity index is 606. The normalized spacial score (nSPS) is 22.2. The minimum atomic E-state index is -0.908. The molecule has 1 aromatic rings. The summed E-state index contributed by atoms with van der Waals surface area (Å²) >= 11 is 0. The summed E-state index contributed by atoms with van der Waals surface area (Å²) in [6.45, 7) is 6.54. The number of carbonyl (C=O) groups excluding carboxylic acids is 1. The van der Waals surface area contributed by atoms with Crippen LogP contribution in [0.3, 0.4) is 0 Å². The molecule has 24 heavy (non-hydrogen) atoms. The van der Waals surface area contributed by atoms with Crippen molar-refractivity contribution in [3.63, 3.8) is 0 Å². The van der Waals surface area contributed by atoms with E-state index in [9.17, 15) is 14.4 Å². The molecule has 0 radical (unpaired) electrons. The zero-order chi connectivity index (χ0) is 17.7. The molecular weight excluding hydrogens is 309 g/mol. The molecule has 2 rings (SSSR count). The van der Waals surface area contributed by atoms with Gasteiger partial charge in [-0.3, -0.25) is 4.79 Å². The smallest absolute Gasteiger partial charge is 0.323 e. The lowest BCUT2D eigenvalue weighted by Gasteiger charge is -2.40. The highest BCUT2D eigenvalue weighted by atomic mass is 19.1. The fourth-order valence-corrected chi connectivity index (χ4v) is 3.52. The molecule has 0 saturated carbocycles. The molecule has 1 saturated heterocycles. The molecule has 0 amide bonds. The minimum absolute atomic E-state index is 0.0910. The van der Waals surface area contributed by atoms with Gasteiger partial charge in [0.15, 0.2) is 5.92 Å². The van der Waals surface area contributed by atoms with Crippen molar-refractivity contribution < 1.29 is 18.7 Å². The molecule has 4 nitrogen and oxygen atoms in total. The van der Waals surface area contributed by atoms with Crippen LogP contribution >= 0.6 is 0 Å². The summed E-state index contributed by atoms with van der Waals surface area (Å²) in [4.78, 5) is 12.3. The second-order valence-electron chi connectivity index (χ2n) is 6.80. The van der Waals surface area contributed by atoms with E-state index < -0.39 is 11.9 Å². The summed E-state index contributed by atoms with van der Waals surface area (Å²) in [7, 11) is 0. The highest BCUT2D eigenvalue weighted by molar-refractivity contribution is 5.76. The molecule has 0 aliphatic carbocycles. The second-order valence-corrected chi connectivity index (χ2v) is 6.80. The first-order valence-corrected chi connectivity index (χ1v) is 8.33. The van der Waals surface area contributed by atoms with Crippen molar-refractivity contribution in [1.29, 1.82) is 5.26 Å². The Kier molecular flexibility index (Phi) is 5.95. The van der Waals surface area contributed by atoms with Crippen LogP contribution in [0, 0.1) is 29.0 Å². The van der Waals surface area contributed by atoms with Gasteiger partial charge >= 0.3 is 5.97 Å². The number of ether oxygens (including phenoxy) is 2. The molecule has 1 aromatic carbocycles. The van der Waals surface area contributed by atoms with Crippen LogP contribution in [0.15, 0.2) is 24.3 Å². The van der Waals surface area contributed by atoms with E-state index in [-0.39, 0.29) is 29.9 Å². The maximum atomic E-state index is 13.3. The van der Waals surface area contributed by atoms with E-state index in [0.717, 1.165) is 18.4 Å². The largest absolute Gasteiger partial charge is 0.465 e. The summed E-state index contributed by atoms with van der Waals surface area (Å²) in [5.41, 5.74) is 0.481. The molecular formula is C19H24FNO3. The Morgan fingerprint density at radius 3 is 2.67 bits per heavy atom. The number of nitrogens with zero attached hydrogens (tertiary/aromatic N) is 1. The van der Waals surface area contributed by atoms with E-state index >= 15 is 0 Å². The average molecular weight is 333 g/mol. The maximum Gasteiger partial charge on any atom is 0.323 e. The van der Waals surface area contributed by atoms with Gasteiger partial charge in [-0.05, 0) is 57.2 Å². The SMILES string of the molecule is CCOC(=O)[C@@H](C#N)[C@@H](c1ccc(F)cc1)[C@H]1CCOC(C)(C)C1. The van der Waals surface area contributed by atoms with Crippen LogP contribution in [0.4, 0.5) is 4.39 Å². The van der Waals surface area contributed by atoms with Crippen LogP contribution in [-0.2, 0) is 14.3 Å². The molecule has 1 aliphatic heterocycles. The fraction of sp³-hybridized carbons (Fsp3) is 0.579. The van der Waals surface area contributed by atoms with Crippen molar-refractivity contribution in [2.24, 2.45) is 11.8 Å². The number of halogens is 1. The number of carbonyl (C=O) groups is 1. The third-order valence-electron chi connectivity index (χ3n) is 4.54. The Morgan fingerprint density at radius 2 is 2.12 bits per heavy atom. The third kappa shape index (κ3) is 4.33. The van der Waals surface area contributed by atoms with E-state index in [2.05, 4.69) is 6.07 Å². The minimum Gasteiger partial charge on any atom is -0.465 e. The van der Waals surface area contributed by atoms with Crippen molar-refractivity contribution in [2.45, 2.75) is 45.1 Å². The molecule has 0 unspecified atom stereocenters. The van der Waals surface area contributed by atoms with E-state index in [0.29, 0.717) is 6.61 Å². The van der Waals surface area contributed by atoms with Crippen molar-refractivity contribution >= 4 is 5.97 Å². The van der Waals surface area contributed by atoms with Crippen molar-refractivity contribution in [2.75, 3.05) is 13.2 Å². The topological polar surface area (TPSA) is 59.3 Å². The van der Waals surface area contributed by atoms with Crippen LogP contribution in [-0.4, -0.2) is 24.8 Å². The highest BCUT2D eigenvalue weighted by Gasteiger charge is 2.41. The third-order valence-corrected chi connectivity index (χ3v) is 4.54. The summed E-state index contributed by atoms with van der Waals surface area (Å²) in [6.07, 6.45) is 1.48. The monoisotopic (exact) mass is 333 g/mol. The summed E-state index contributed by atoms with van der Waals surface area (Å²) in [5.74, 6) is -2.01. The number of nitriles is 1. The first-order chi connectivity index (χ1) is 11.4. The molecule has 0 N–H and O–H groups in total. The van der Waals surface area contributed by atoms with Crippen LogP contribution in [0.2, 0.25) is 0 Å². The number of hydrogen-bond acceptors (Lipinski definition) is 4. The number of benzene rings is 1. The Labute approximate surface area is 142 Å². The lowest BCUT2D eigenvalue weighted by Crippen LogP contribution is -2.39. The highest BCUT2D eigenvalue weighted by Crippen LogP contribution is 2.42. The number of rotatable bonds is 5. The molecule has 1 fully saturated rings. The van der Waals surface area contributed by atoms with Crippen molar-refractivity contribution in [1.82, 2.24) is 0 Å². The van der Waals surface area contributed by atoms with E-state index in [1.165, 1.54) is 12.1 Å². The van der Waals surface area contributed by atoms with Crippen LogP contribution in [0.1, 0.15) is 45.1 Å². The maximum absolute atomic E-state index is 13.3. The Hall–Kier alpha value is -1.93. The van der Waals surface area contributed by atoms with E-state index in [1.54, 1.807) is 19.1 Å². The quantitative estimate of drug-likeness (QED) is 0.769. The molecule has 0 spiro atoms. The molecule has 130 valence electrons. The average Bonchev–Trinajstić information content (AvgIpc) is 2.52. The van der Waals surface area contributed by atoms with Gasteiger partial charge < -0.3 is 9.47 Å². The lowest BCUT2D eigenvalue weighted by atomic mass is 9.71. The van der Waals surface area contributed by atoms with Gasteiger partial charge in [-0.1, -0.05) is 12.1 Å². The van der Waals surface area contributed by atoms with Crippen molar-refractivity contribution in [3.8, 4) is 6.07 Å². The van der Waals surface area contributed by atoms with Gasteiger partial charge in [-0.25, -0.2) is 4.39 Å². The predicted octanol–water partition coefficient (Wildman–Crippen LogP) is 3.82. The van der Waals surface area contributed by atoms with E-state index in [4.69, 9.17) is 9.47 Å². The first-order valence-electron chi connectivity index (χ1n) is 8.33. The van der Waals surface area contributed by atoms with E-state index in [1.807, 2.05) is 13.8 Å². The first kappa shape index (κ1) is 18.4. The Balaban J connectivity index is 2.38. The van der Waals surface area contributed by atoms with Gasteiger partial charge in [0.25, 0.3) is 0 Å². The predicted molar refractivity (Wildman–Crippen MR) is 87.6 cm³/mol. The molecule has 1 aliphatic rings. The van der Waals surface area contributed by atoms with Crippen LogP contribution in [0.25, 0.3) is 0 Å². The standard InChI is InChI=1S/C19H24FNO3/c1-4-23-18(22)16(12-21)17(13-5-7-15(20)8-6-13)14-9-10-24-19(2,3)11-14/h5-8,14,16-17H,4,9-11H2,1-3H3/t14-,16-,17-/m0/s1. The zero-order valence-electron chi connectivity index (χ0n) is 14.4. The van der Waals surface area contributed by atoms with Gasteiger partial charge in [0.05, 0.1) is 18.3 Å². The number of hydrogen-bond donors (Lipinski definition) is 0. The Morgan fingerprint density at radius 1 is 1.46 bits per heavy atom. The summed E-state index contributed by atoms with van der Waals surface area (Å²) in [5, 5.41) is 9.61. The number of esters is 1.